The zero-order chi connectivity index (χ0) is 18.8. The summed E-state index contributed by atoms with van der Waals surface area (Å²) in [6.45, 7) is 3.28. The quantitative estimate of drug-likeness (QED) is 0.535. The van der Waals surface area contributed by atoms with E-state index in [-0.39, 0.29) is 13.2 Å². The van der Waals surface area contributed by atoms with Gasteiger partial charge >= 0.3 is 18.0 Å². The number of benzene rings is 1. The molecule has 9 heteroatoms. The number of urea groups is 1. The summed E-state index contributed by atoms with van der Waals surface area (Å²) in [5.74, 6) is -0.953. The molecule has 0 radical (unpaired) electrons. The molecule has 0 aliphatic carbocycles. The van der Waals surface area contributed by atoms with Crippen LogP contribution in [0, 0.1) is 0 Å². The molecule has 2 N–H and O–H groups in total. The Morgan fingerprint density at radius 2 is 1.60 bits per heavy atom. The second-order valence-electron chi connectivity index (χ2n) is 4.60. The Morgan fingerprint density at radius 3 is 2.08 bits per heavy atom. The van der Waals surface area contributed by atoms with E-state index in [1.54, 1.807) is 26.0 Å². The van der Waals surface area contributed by atoms with E-state index in [9.17, 15) is 14.4 Å². The molecule has 0 aliphatic rings. The predicted molar refractivity (Wildman–Crippen MR) is 88.8 cm³/mol. The van der Waals surface area contributed by atoms with Crippen molar-refractivity contribution in [3.8, 4) is 11.5 Å². The number of anilines is 1. The van der Waals surface area contributed by atoms with Gasteiger partial charge in [-0.1, -0.05) is 0 Å². The summed E-state index contributed by atoms with van der Waals surface area (Å²) in [7, 11) is 2.91. The zero-order valence-corrected chi connectivity index (χ0v) is 14.6. The molecule has 1 aromatic rings. The third kappa shape index (κ3) is 5.87. The summed E-state index contributed by atoms with van der Waals surface area (Å²) < 4.78 is 19.8. The van der Waals surface area contributed by atoms with E-state index in [1.807, 2.05) is 0 Å². The van der Waals surface area contributed by atoms with Crippen LogP contribution in [-0.2, 0) is 19.1 Å². The molecule has 1 aromatic carbocycles. The average molecular weight is 354 g/mol. The molecule has 0 aromatic heterocycles. The van der Waals surface area contributed by atoms with E-state index in [2.05, 4.69) is 10.6 Å². The Kier molecular flexibility index (Phi) is 8.04. The van der Waals surface area contributed by atoms with Gasteiger partial charge in [-0.2, -0.15) is 0 Å². The summed E-state index contributed by atoms with van der Waals surface area (Å²) in [6, 6.07) is 2.40. The van der Waals surface area contributed by atoms with Crippen LogP contribution in [0.2, 0.25) is 0 Å². The molecule has 0 fully saturated rings. The van der Waals surface area contributed by atoms with Crippen molar-refractivity contribution in [3.05, 3.63) is 18.2 Å². The first-order valence-electron chi connectivity index (χ1n) is 7.59. The number of esters is 2. The van der Waals surface area contributed by atoms with Crippen molar-refractivity contribution in [2.24, 2.45) is 0 Å². The number of nitrogens with one attached hydrogen (secondary N) is 2. The highest BCUT2D eigenvalue weighted by molar-refractivity contribution is 6.04. The van der Waals surface area contributed by atoms with Gasteiger partial charge in [0.2, 0.25) is 6.04 Å². The van der Waals surface area contributed by atoms with Crippen molar-refractivity contribution in [1.82, 2.24) is 5.32 Å². The van der Waals surface area contributed by atoms with Gasteiger partial charge < -0.3 is 29.6 Å². The van der Waals surface area contributed by atoms with Crippen molar-refractivity contribution in [2.75, 3.05) is 32.8 Å². The number of amides is 2. The highest BCUT2D eigenvalue weighted by atomic mass is 16.6. The van der Waals surface area contributed by atoms with Gasteiger partial charge in [0.05, 0.1) is 33.1 Å². The minimum atomic E-state index is -1.57. The third-order valence-corrected chi connectivity index (χ3v) is 2.97. The maximum Gasteiger partial charge on any atom is 0.340 e. The van der Waals surface area contributed by atoms with E-state index >= 15 is 0 Å². The molecule has 2 amide bonds. The highest BCUT2D eigenvalue weighted by Gasteiger charge is 2.31. The Bertz CT molecular complexity index is 601. The van der Waals surface area contributed by atoms with E-state index in [0.29, 0.717) is 17.2 Å². The standard InChI is InChI=1S/C16H22N2O7/c1-5-24-14(19)13(15(20)25-6-2)18-16(21)17-11-9-10(22-3)7-8-12(11)23-4/h7-9,13H,5-6H2,1-4H3,(H2,17,18,21). The Hall–Kier alpha value is -2.97. The van der Waals surface area contributed by atoms with Gasteiger partial charge in [-0.3, -0.25) is 0 Å². The number of methoxy groups -OCH3 is 2. The monoisotopic (exact) mass is 354 g/mol. The first-order chi connectivity index (χ1) is 12.0. The van der Waals surface area contributed by atoms with Crippen LogP contribution in [0.1, 0.15) is 13.8 Å². The molecular weight excluding hydrogens is 332 g/mol. The van der Waals surface area contributed by atoms with Crippen LogP contribution < -0.4 is 20.1 Å². The zero-order valence-electron chi connectivity index (χ0n) is 14.6. The lowest BCUT2D eigenvalue weighted by Crippen LogP contribution is -2.49. The van der Waals surface area contributed by atoms with Gasteiger partial charge in [0.25, 0.3) is 0 Å². The Morgan fingerprint density at radius 1 is 1.00 bits per heavy atom. The number of hydrogen-bond acceptors (Lipinski definition) is 7. The third-order valence-electron chi connectivity index (χ3n) is 2.97. The molecule has 0 saturated carbocycles. The summed E-state index contributed by atoms with van der Waals surface area (Å²) >= 11 is 0. The predicted octanol–water partition coefficient (Wildman–Crippen LogP) is 1.32. The topological polar surface area (TPSA) is 112 Å². The molecule has 0 unspecified atom stereocenters. The van der Waals surface area contributed by atoms with Gasteiger partial charge in [-0.05, 0) is 26.0 Å². The normalized spacial score (nSPS) is 9.96. The number of rotatable bonds is 8. The lowest BCUT2D eigenvalue weighted by atomic mass is 10.2. The minimum Gasteiger partial charge on any atom is -0.497 e. The summed E-state index contributed by atoms with van der Waals surface area (Å²) in [5, 5.41) is 4.72. The lowest BCUT2D eigenvalue weighted by Gasteiger charge is -2.17. The van der Waals surface area contributed by atoms with Gasteiger partial charge in [0.1, 0.15) is 11.5 Å². The van der Waals surface area contributed by atoms with E-state index in [1.165, 1.54) is 20.3 Å². The van der Waals surface area contributed by atoms with Gasteiger partial charge in [-0.25, -0.2) is 14.4 Å². The maximum absolute atomic E-state index is 12.2. The molecule has 0 atom stereocenters. The average Bonchev–Trinajstić information content (AvgIpc) is 2.59. The number of carbonyl (C=O) groups excluding carboxylic acids is 3. The van der Waals surface area contributed by atoms with Crippen LogP contribution >= 0.6 is 0 Å². The molecule has 1 rings (SSSR count). The molecule has 138 valence electrons. The molecule has 0 bridgehead atoms. The summed E-state index contributed by atoms with van der Waals surface area (Å²) in [4.78, 5) is 35.9. The number of ether oxygens (including phenoxy) is 4. The maximum atomic E-state index is 12.2. The second-order valence-corrected chi connectivity index (χ2v) is 4.60. The van der Waals surface area contributed by atoms with Crippen LogP contribution in [0.25, 0.3) is 0 Å². The van der Waals surface area contributed by atoms with E-state index < -0.39 is 24.0 Å². The molecule has 9 nitrogen and oxygen atoms in total. The molecule has 25 heavy (non-hydrogen) atoms. The first kappa shape index (κ1) is 20.1. The van der Waals surface area contributed by atoms with E-state index in [4.69, 9.17) is 18.9 Å². The SMILES string of the molecule is CCOC(=O)C(NC(=O)Nc1cc(OC)ccc1OC)C(=O)OCC. The fourth-order valence-electron chi connectivity index (χ4n) is 1.87. The fraction of sp³-hybridized carbons (Fsp3) is 0.438. The smallest absolute Gasteiger partial charge is 0.340 e. The highest BCUT2D eigenvalue weighted by Crippen LogP contribution is 2.28. The van der Waals surface area contributed by atoms with Crippen LogP contribution in [-0.4, -0.2) is 51.4 Å². The van der Waals surface area contributed by atoms with E-state index in [0.717, 1.165) is 0 Å². The van der Waals surface area contributed by atoms with Gasteiger partial charge in [-0.15, -0.1) is 0 Å². The molecule has 0 spiro atoms. The lowest BCUT2D eigenvalue weighted by molar-refractivity contribution is -0.157. The largest absolute Gasteiger partial charge is 0.497 e. The van der Waals surface area contributed by atoms with Crippen LogP contribution in [0.3, 0.4) is 0 Å². The van der Waals surface area contributed by atoms with Crippen molar-refractivity contribution >= 4 is 23.7 Å². The van der Waals surface area contributed by atoms with Gasteiger partial charge in [0, 0.05) is 6.07 Å². The molecular formula is C16H22N2O7. The van der Waals surface area contributed by atoms with Gasteiger partial charge in [0.15, 0.2) is 0 Å². The number of carbonyl (C=O) groups is 3. The summed E-state index contributed by atoms with van der Waals surface area (Å²) in [6.07, 6.45) is 0. The molecule has 0 heterocycles. The van der Waals surface area contributed by atoms with Crippen LogP contribution in [0.15, 0.2) is 18.2 Å². The Balaban J connectivity index is 2.90. The molecule has 0 aliphatic heterocycles. The molecule has 0 saturated heterocycles. The van der Waals surface area contributed by atoms with Crippen molar-refractivity contribution < 1.29 is 33.3 Å². The number of hydrogen-bond donors (Lipinski definition) is 2. The minimum absolute atomic E-state index is 0.0573. The van der Waals surface area contributed by atoms with Crippen LogP contribution in [0.5, 0.6) is 11.5 Å². The van der Waals surface area contributed by atoms with Crippen molar-refractivity contribution in [1.29, 1.82) is 0 Å². The Labute approximate surface area is 145 Å². The fourth-order valence-corrected chi connectivity index (χ4v) is 1.87. The van der Waals surface area contributed by atoms with Crippen molar-refractivity contribution in [3.63, 3.8) is 0 Å². The summed E-state index contributed by atoms with van der Waals surface area (Å²) in [5.41, 5.74) is 0.297. The second kappa shape index (κ2) is 10.0. The van der Waals surface area contributed by atoms with Crippen LogP contribution in [0.4, 0.5) is 10.5 Å². The van der Waals surface area contributed by atoms with Crippen molar-refractivity contribution in [2.45, 2.75) is 19.9 Å². The first-order valence-corrected chi connectivity index (χ1v) is 7.59.